The Kier molecular flexibility index (Phi) is 8.76. The van der Waals surface area contributed by atoms with Crippen LogP contribution in [-0.4, -0.2) is 42.3 Å². The van der Waals surface area contributed by atoms with Crippen LogP contribution in [0.25, 0.3) is 0 Å². The number of allylic oxidation sites excluding steroid dienone is 1. The highest BCUT2D eigenvalue weighted by Gasteiger charge is 2.41. The Morgan fingerprint density at radius 1 is 1.12 bits per heavy atom. The largest absolute Gasteiger partial charge is 0.462 e. The van der Waals surface area contributed by atoms with Gasteiger partial charge in [0.25, 0.3) is 0 Å². The molecule has 0 fully saturated rings. The van der Waals surface area contributed by atoms with Crippen molar-refractivity contribution >= 4 is 25.9 Å². The van der Waals surface area contributed by atoms with Gasteiger partial charge in [-0.25, -0.2) is 19.3 Å². The number of nitrogens with zero attached hydrogens (tertiary/aromatic N) is 4. The summed E-state index contributed by atoms with van der Waals surface area (Å²) in [5.74, 6) is -0.745. The van der Waals surface area contributed by atoms with Gasteiger partial charge in [-0.1, -0.05) is 39.0 Å². The fourth-order valence-electron chi connectivity index (χ4n) is 4.58. The van der Waals surface area contributed by atoms with Gasteiger partial charge >= 0.3 is 17.8 Å². The maximum Gasteiger partial charge on any atom is 0.416 e. The normalized spacial score (nSPS) is 15.7. The number of benzene rings is 2. The number of alkyl halides is 3. The molecule has 43 heavy (non-hydrogen) atoms. The zero-order valence-electron chi connectivity index (χ0n) is 24.9. The fourth-order valence-corrected chi connectivity index (χ4v) is 5.66. The lowest BCUT2D eigenvalue weighted by molar-refractivity contribution is -0.140. The summed E-state index contributed by atoms with van der Waals surface area (Å²) in [6.45, 7) is 12.6. The van der Waals surface area contributed by atoms with Crippen LogP contribution in [0.15, 0.2) is 64.6 Å². The van der Waals surface area contributed by atoms with E-state index in [1.54, 1.807) is 31.2 Å². The molecule has 1 aliphatic heterocycles. The Morgan fingerprint density at radius 3 is 2.40 bits per heavy atom. The number of H-pyrrole nitrogens is 1. The summed E-state index contributed by atoms with van der Waals surface area (Å²) in [6, 6.07) is 11.9. The van der Waals surface area contributed by atoms with Gasteiger partial charge in [-0.2, -0.15) is 18.4 Å². The van der Waals surface area contributed by atoms with E-state index >= 15 is 0 Å². The van der Waals surface area contributed by atoms with Crippen LogP contribution in [0.2, 0.25) is 18.1 Å². The van der Waals surface area contributed by atoms with Gasteiger partial charge in [-0.15, -0.1) is 5.10 Å². The first-order valence-corrected chi connectivity index (χ1v) is 16.6. The van der Waals surface area contributed by atoms with Crippen molar-refractivity contribution in [3.8, 4) is 6.07 Å². The topological polar surface area (TPSA) is 113 Å². The third-order valence-electron chi connectivity index (χ3n) is 7.94. The van der Waals surface area contributed by atoms with E-state index in [9.17, 15) is 28.0 Å². The first-order valence-electron chi connectivity index (χ1n) is 13.7. The molecule has 0 aliphatic carbocycles. The number of anilines is 2. The van der Waals surface area contributed by atoms with Gasteiger partial charge in [0.15, 0.2) is 8.32 Å². The zero-order chi connectivity index (χ0) is 31.7. The molecule has 0 unspecified atom stereocenters. The van der Waals surface area contributed by atoms with Crippen molar-refractivity contribution in [2.75, 3.05) is 18.1 Å². The molecule has 0 saturated carbocycles. The van der Waals surface area contributed by atoms with Crippen LogP contribution in [0.5, 0.6) is 0 Å². The Labute approximate surface area is 248 Å². The van der Waals surface area contributed by atoms with Crippen LogP contribution in [0.1, 0.15) is 56.8 Å². The van der Waals surface area contributed by atoms with Crippen molar-refractivity contribution < 1.29 is 27.1 Å². The number of carbonyl (C=O) groups excluding carboxylic acids is 1. The SMILES string of the molecule is CC1=C(C(=O)OCCCO[Si](C)(C)C(C)(C)C)[C@@H](c2ccc(C#N)cc2)n2c(n[nH]c2=O)N1c1cccc(C(F)(F)F)c1. The van der Waals surface area contributed by atoms with E-state index in [2.05, 4.69) is 44.1 Å². The van der Waals surface area contributed by atoms with Crippen molar-refractivity contribution in [3.63, 3.8) is 0 Å². The lowest BCUT2D eigenvalue weighted by Crippen LogP contribution is -2.41. The highest BCUT2D eigenvalue weighted by molar-refractivity contribution is 6.74. The molecule has 3 aromatic rings. The molecule has 9 nitrogen and oxygen atoms in total. The Balaban J connectivity index is 1.74. The van der Waals surface area contributed by atoms with Gasteiger partial charge in [-0.05, 0) is 61.0 Å². The number of aromatic amines is 1. The summed E-state index contributed by atoms with van der Waals surface area (Å²) in [7, 11) is -2.00. The minimum atomic E-state index is -4.62. The highest BCUT2D eigenvalue weighted by atomic mass is 28.4. The number of halogens is 3. The number of nitriles is 1. The van der Waals surface area contributed by atoms with Crippen molar-refractivity contribution in [2.45, 2.75) is 64.5 Å². The van der Waals surface area contributed by atoms with E-state index in [1.165, 1.54) is 21.6 Å². The van der Waals surface area contributed by atoms with Gasteiger partial charge in [-0.3, -0.25) is 4.90 Å². The van der Waals surface area contributed by atoms with E-state index in [-0.39, 0.29) is 34.6 Å². The van der Waals surface area contributed by atoms with E-state index in [4.69, 9.17) is 9.16 Å². The monoisotopic (exact) mass is 613 g/mol. The summed E-state index contributed by atoms with van der Waals surface area (Å²) in [4.78, 5) is 28.2. The van der Waals surface area contributed by atoms with Crippen molar-refractivity contribution in [1.82, 2.24) is 14.8 Å². The molecule has 0 spiro atoms. The average Bonchev–Trinajstić information content (AvgIpc) is 3.31. The van der Waals surface area contributed by atoms with Crippen LogP contribution < -0.4 is 10.6 Å². The molecule has 228 valence electrons. The Morgan fingerprint density at radius 2 is 1.79 bits per heavy atom. The molecule has 0 bridgehead atoms. The summed E-state index contributed by atoms with van der Waals surface area (Å²) in [5.41, 5.74) is -0.384. The van der Waals surface area contributed by atoms with E-state index in [0.29, 0.717) is 24.2 Å². The van der Waals surface area contributed by atoms with Crippen LogP contribution >= 0.6 is 0 Å². The minimum absolute atomic E-state index is 0.00416. The number of carbonyl (C=O) groups is 1. The number of fused-ring (bicyclic) bond motifs is 1. The molecule has 1 N–H and O–H groups in total. The van der Waals surface area contributed by atoms with Crippen LogP contribution in [-0.2, 0) is 20.1 Å². The maximum absolute atomic E-state index is 13.8. The smallest absolute Gasteiger partial charge is 0.416 e. The summed E-state index contributed by atoms with van der Waals surface area (Å²) >= 11 is 0. The molecular formula is C30H34F3N5O4Si. The summed E-state index contributed by atoms with van der Waals surface area (Å²) in [5, 5.41) is 15.8. The molecule has 2 aromatic carbocycles. The van der Waals surface area contributed by atoms with Crippen molar-refractivity contribution in [2.24, 2.45) is 0 Å². The van der Waals surface area contributed by atoms with Gasteiger partial charge in [0, 0.05) is 24.4 Å². The molecule has 4 rings (SSSR count). The van der Waals surface area contributed by atoms with E-state index in [0.717, 1.165) is 12.1 Å². The van der Waals surface area contributed by atoms with Gasteiger partial charge < -0.3 is 9.16 Å². The van der Waals surface area contributed by atoms with Crippen LogP contribution in [0.4, 0.5) is 24.8 Å². The first kappa shape index (κ1) is 31.8. The van der Waals surface area contributed by atoms with Crippen LogP contribution in [0.3, 0.4) is 0 Å². The first-order chi connectivity index (χ1) is 20.1. The summed E-state index contributed by atoms with van der Waals surface area (Å²) < 4.78 is 53.9. The number of aromatic nitrogens is 3. The predicted octanol–water partition coefficient (Wildman–Crippen LogP) is 6.43. The molecule has 0 radical (unpaired) electrons. The third kappa shape index (κ3) is 6.45. The lowest BCUT2D eigenvalue weighted by atomic mass is 9.93. The zero-order valence-corrected chi connectivity index (χ0v) is 25.9. The number of hydrogen-bond donors (Lipinski definition) is 1. The molecule has 1 aromatic heterocycles. The standard InChI is InChI=1S/C30H34F3N5O4Si/c1-19-24(26(39)41-15-8-16-42-43(5,6)29(2,3)4)25(21-13-11-20(18-34)12-14-21)38-27(35-36-28(38)40)37(19)23-10-7-9-22(17-23)30(31,32)33/h7,9-14,17,25H,8,15-16H2,1-6H3,(H,36,40)/t25-/m1/s1. The summed E-state index contributed by atoms with van der Waals surface area (Å²) in [6.07, 6.45) is -4.19. The number of nitrogens with one attached hydrogen (secondary N) is 1. The molecular weight excluding hydrogens is 579 g/mol. The molecule has 13 heteroatoms. The number of esters is 1. The maximum atomic E-state index is 13.8. The molecule has 0 amide bonds. The van der Waals surface area contributed by atoms with Gasteiger partial charge in [0.1, 0.15) is 6.04 Å². The van der Waals surface area contributed by atoms with Crippen molar-refractivity contribution in [3.05, 3.63) is 87.0 Å². The fraction of sp³-hybridized carbons (Fsp3) is 0.400. The van der Waals surface area contributed by atoms with Crippen LogP contribution in [0, 0.1) is 11.3 Å². The number of hydrogen-bond acceptors (Lipinski definition) is 7. The second kappa shape index (κ2) is 11.9. The second-order valence-corrected chi connectivity index (χ2v) is 16.6. The van der Waals surface area contributed by atoms with E-state index in [1.807, 2.05) is 6.07 Å². The Bertz CT molecular complexity index is 1630. The van der Waals surface area contributed by atoms with Gasteiger partial charge in [0.2, 0.25) is 5.95 Å². The van der Waals surface area contributed by atoms with Gasteiger partial charge in [0.05, 0.1) is 29.4 Å². The molecule has 0 saturated heterocycles. The van der Waals surface area contributed by atoms with E-state index < -0.39 is 37.8 Å². The second-order valence-electron chi connectivity index (χ2n) is 11.8. The quantitative estimate of drug-likeness (QED) is 0.177. The minimum Gasteiger partial charge on any atom is -0.462 e. The Hall–Kier alpha value is -4.15. The third-order valence-corrected chi connectivity index (χ3v) is 12.5. The average molecular weight is 614 g/mol. The number of ether oxygens (including phenoxy) is 1. The molecule has 2 heterocycles. The van der Waals surface area contributed by atoms with Crippen molar-refractivity contribution in [1.29, 1.82) is 5.26 Å². The highest BCUT2D eigenvalue weighted by Crippen LogP contribution is 2.43. The number of rotatable bonds is 8. The lowest BCUT2D eigenvalue weighted by Gasteiger charge is -2.36. The molecule has 1 aliphatic rings. The molecule has 1 atom stereocenters. The predicted molar refractivity (Wildman–Crippen MR) is 157 cm³/mol.